The number of aromatic amines is 1. The van der Waals surface area contributed by atoms with E-state index in [-0.39, 0.29) is 12.3 Å². The van der Waals surface area contributed by atoms with Gasteiger partial charge in [-0.15, -0.1) is 0 Å². The molecule has 0 bridgehead atoms. The molecule has 148 valence electrons. The average Bonchev–Trinajstić information content (AvgIpc) is 3.34. The first-order chi connectivity index (χ1) is 14.1. The van der Waals surface area contributed by atoms with Crippen molar-refractivity contribution in [3.05, 3.63) is 54.7 Å². The first-order valence-corrected chi connectivity index (χ1v) is 9.86. The second kappa shape index (κ2) is 8.27. The number of nitrogens with one attached hydrogen (secondary N) is 2. The lowest BCUT2D eigenvalue weighted by molar-refractivity contribution is -0.705. The molecule has 0 atom stereocenters. The van der Waals surface area contributed by atoms with E-state index in [4.69, 9.17) is 9.26 Å². The van der Waals surface area contributed by atoms with E-state index in [1.54, 1.807) is 31.4 Å². The molecule has 1 amide bonds. The van der Waals surface area contributed by atoms with Crippen LogP contribution in [0.1, 0.15) is 6.42 Å². The minimum Gasteiger partial charge on any atom is -0.538 e. The van der Waals surface area contributed by atoms with E-state index >= 15 is 0 Å². The highest BCUT2D eigenvalue weighted by Gasteiger charge is 2.21. The van der Waals surface area contributed by atoms with Crippen LogP contribution < -0.4 is 19.8 Å². The number of aromatic nitrogens is 3. The number of anilines is 1. The van der Waals surface area contributed by atoms with Crippen molar-refractivity contribution in [1.29, 1.82) is 0 Å². The second-order valence-electron chi connectivity index (χ2n) is 6.20. The molecule has 0 aliphatic carbocycles. The van der Waals surface area contributed by atoms with Crippen molar-refractivity contribution in [1.82, 2.24) is 10.3 Å². The van der Waals surface area contributed by atoms with Gasteiger partial charge in [0.1, 0.15) is 5.75 Å². The summed E-state index contributed by atoms with van der Waals surface area (Å²) >= 11 is 1.23. The first-order valence-electron chi connectivity index (χ1n) is 8.87. The monoisotopic (exact) mass is 410 g/mol. The summed E-state index contributed by atoms with van der Waals surface area (Å²) in [7, 11) is 1.58. The predicted octanol–water partition coefficient (Wildman–Crippen LogP) is 2.64. The van der Waals surface area contributed by atoms with E-state index in [2.05, 4.69) is 15.6 Å². The smallest absolute Gasteiger partial charge is 0.297 e. The summed E-state index contributed by atoms with van der Waals surface area (Å²) in [6, 6.07) is 14.7. The molecule has 0 saturated carbocycles. The van der Waals surface area contributed by atoms with Crippen LogP contribution in [0.5, 0.6) is 11.7 Å². The topological polar surface area (TPSA) is 107 Å². The molecule has 0 aliphatic rings. The van der Waals surface area contributed by atoms with Crippen molar-refractivity contribution in [3.63, 3.8) is 0 Å². The zero-order valence-electron chi connectivity index (χ0n) is 15.5. The largest absolute Gasteiger partial charge is 0.538 e. The van der Waals surface area contributed by atoms with Gasteiger partial charge in [-0.25, -0.2) is 0 Å². The van der Waals surface area contributed by atoms with Crippen LogP contribution in [0.15, 0.2) is 64.3 Å². The van der Waals surface area contributed by atoms with E-state index in [9.17, 15) is 9.90 Å². The van der Waals surface area contributed by atoms with Gasteiger partial charge in [0.15, 0.2) is 5.95 Å². The van der Waals surface area contributed by atoms with Gasteiger partial charge in [0.25, 0.3) is 5.03 Å². The molecule has 0 fully saturated rings. The van der Waals surface area contributed by atoms with Crippen LogP contribution in [0.25, 0.3) is 16.6 Å². The number of H-pyrrole nitrogens is 1. The van der Waals surface area contributed by atoms with Crippen LogP contribution in [-0.4, -0.2) is 29.0 Å². The number of hydrogen-bond donors (Lipinski definition) is 2. The lowest BCUT2D eigenvalue weighted by atomic mass is 10.2. The van der Waals surface area contributed by atoms with Gasteiger partial charge in [0.2, 0.25) is 11.6 Å². The highest BCUT2D eigenvalue weighted by atomic mass is 32.2. The maximum atomic E-state index is 12.3. The van der Waals surface area contributed by atoms with Crippen molar-refractivity contribution < 1.29 is 23.8 Å². The highest BCUT2D eigenvalue weighted by molar-refractivity contribution is 7.99. The van der Waals surface area contributed by atoms with Crippen LogP contribution in [0.3, 0.4) is 0 Å². The van der Waals surface area contributed by atoms with Gasteiger partial charge in [-0.05, 0) is 41.1 Å². The molecule has 2 N–H and O–H groups in total. The second-order valence-corrected chi connectivity index (χ2v) is 7.29. The Labute approximate surface area is 170 Å². The van der Waals surface area contributed by atoms with Gasteiger partial charge in [-0.1, -0.05) is 11.8 Å². The fraction of sp³-hybridized carbons (Fsp3) is 0.150. The lowest BCUT2D eigenvalue weighted by Crippen LogP contribution is -2.34. The van der Waals surface area contributed by atoms with Crippen molar-refractivity contribution >= 4 is 34.3 Å². The molecule has 0 spiro atoms. The molecule has 29 heavy (non-hydrogen) atoms. The number of fused-ring (bicyclic) bond motifs is 1. The Morgan fingerprint density at radius 3 is 2.90 bits per heavy atom. The van der Waals surface area contributed by atoms with Crippen LogP contribution in [0, 0.1) is 0 Å². The molecular formula is C20H18N4O4S. The molecule has 0 aliphatic heterocycles. The third-order valence-corrected chi connectivity index (χ3v) is 5.32. The number of rotatable bonds is 7. The standard InChI is InChI=1S/C20H18N4O4S/c1-27-16-5-3-15(4-6-16)24-19(20(26)28-23-24)29-11-9-18(25)22-14-2-7-17-13(12-14)8-10-21-17/h2-8,10,12,23,26H,9,11H2,1H3. The molecule has 2 aromatic carbocycles. The number of nitrogens with zero attached hydrogens (tertiary/aromatic N) is 2. The highest BCUT2D eigenvalue weighted by Crippen LogP contribution is 2.25. The Balaban J connectivity index is 1.37. The van der Waals surface area contributed by atoms with E-state index in [1.807, 2.05) is 30.5 Å². The van der Waals surface area contributed by atoms with Crippen LogP contribution >= 0.6 is 11.8 Å². The summed E-state index contributed by atoms with van der Waals surface area (Å²) in [5, 5.41) is 20.0. The maximum absolute atomic E-state index is 12.3. The van der Waals surface area contributed by atoms with Crippen LogP contribution in [0.2, 0.25) is 0 Å². The average molecular weight is 410 g/mol. The van der Waals surface area contributed by atoms with Crippen molar-refractivity contribution in [3.8, 4) is 17.4 Å². The van der Waals surface area contributed by atoms with Crippen molar-refractivity contribution in [2.24, 2.45) is 0 Å². The molecule has 0 unspecified atom stereocenters. The molecule has 2 aromatic heterocycles. The molecule has 0 saturated heterocycles. The van der Waals surface area contributed by atoms with Crippen molar-refractivity contribution in [2.75, 3.05) is 18.2 Å². The Morgan fingerprint density at radius 2 is 2.10 bits per heavy atom. The number of thioether (sulfide) groups is 1. The van der Waals surface area contributed by atoms with Gasteiger partial charge in [0, 0.05) is 47.1 Å². The van der Waals surface area contributed by atoms with Gasteiger partial charge < -0.3 is 24.7 Å². The predicted molar refractivity (Wildman–Crippen MR) is 106 cm³/mol. The summed E-state index contributed by atoms with van der Waals surface area (Å²) in [5.74, 6) is 0.436. The fourth-order valence-electron chi connectivity index (χ4n) is 2.84. The number of amides is 1. The van der Waals surface area contributed by atoms with E-state index in [0.717, 1.165) is 16.6 Å². The number of carbonyl (C=O) groups excluding carboxylic acids is 1. The normalized spacial score (nSPS) is 10.9. The number of hydrogen-bond acceptors (Lipinski definition) is 6. The van der Waals surface area contributed by atoms with Gasteiger partial charge >= 0.3 is 0 Å². The number of methoxy groups -OCH3 is 1. The SMILES string of the molecule is COc1ccc(-[n+]2noc([O-])c2SCCC(=O)Nc2ccc3[nH]ccc3c2)cc1. The zero-order valence-corrected chi connectivity index (χ0v) is 16.4. The van der Waals surface area contributed by atoms with Gasteiger partial charge in [-0.3, -0.25) is 4.79 Å². The summed E-state index contributed by atoms with van der Waals surface area (Å²) in [5.41, 5.74) is 2.41. The van der Waals surface area contributed by atoms with Crippen molar-refractivity contribution in [2.45, 2.75) is 11.4 Å². The minimum atomic E-state index is -0.538. The lowest BCUT2D eigenvalue weighted by Gasteiger charge is -2.05. The molecule has 4 rings (SSSR count). The van der Waals surface area contributed by atoms with E-state index in [0.29, 0.717) is 22.2 Å². The third kappa shape index (κ3) is 4.19. The number of carbonyl (C=O) groups is 1. The third-order valence-electron chi connectivity index (χ3n) is 4.29. The zero-order chi connectivity index (χ0) is 20.2. The molecule has 0 radical (unpaired) electrons. The van der Waals surface area contributed by atoms with Gasteiger partial charge in [0.05, 0.1) is 12.4 Å². The first kappa shape index (κ1) is 18.9. The summed E-state index contributed by atoms with van der Waals surface area (Å²) < 4.78 is 11.3. The van der Waals surface area contributed by atoms with Crippen LogP contribution in [-0.2, 0) is 4.79 Å². The van der Waals surface area contributed by atoms with Crippen LogP contribution in [0.4, 0.5) is 5.69 Å². The summed E-state index contributed by atoms with van der Waals surface area (Å²) in [6.45, 7) is 0. The molecule has 2 heterocycles. The molecule has 4 aromatic rings. The molecule has 8 nitrogen and oxygen atoms in total. The molecule has 9 heteroatoms. The van der Waals surface area contributed by atoms with E-state index in [1.165, 1.54) is 16.4 Å². The summed E-state index contributed by atoms with van der Waals surface area (Å²) in [6.07, 6.45) is 2.09. The minimum absolute atomic E-state index is 0.132. The van der Waals surface area contributed by atoms with E-state index < -0.39 is 5.95 Å². The Hall–Kier alpha value is -3.46. The quantitative estimate of drug-likeness (QED) is 0.358. The van der Waals surface area contributed by atoms with Gasteiger partial charge in [-0.2, -0.15) is 0 Å². The maximum Gasteiger partial charge on any atom is 0.297 e. The molecular weight excluding hydrogens is 392 g/mol. The Kier molecular flexibility index (Phi) is 5.39. The Bertz CT molecular complexity index is 1140. The number of benzene rings is 2. The number of ether oxygens (including phenoxy) is 1. The fourth-order valence-corrected chi connectivity index (χ4v) is 3.74. The summed E-state index contributed by atoms with van der Waals surface area (Å²) in [4.78, 5) is 15.4. The Morgan fingerprint density at radius 1 is 1.28 bits per heavy atom.